The summed E-state index contributed by atoms with van der Waals surface area (Å²) in [4.78, 5) is 14.4. The van der Waals surface area contributed by atoms with Crippen LogP contribution < -0.4 is 0 Å². The van der Waals surface area contributed by atoms with Crippen molar-refractivity contribution in [1.29, 1.82) is 0 Å². The molecule has 1 aliphatic heterocycles. The van der Waals surface area contributed by atoms with E-state index in [2.05, 4.69) is 38.7 Å². The zero-order valence-electron chi connectivity index (χ0n) is 15.4. The molecule has 0 radical (unpaired) electrons. The molecule has 1 aliphatic rings. The molecule has 4 nitrogen and oxygen atoms in total. The topological polar surface area (TPSA) is 38.8 Å². The molecule has 0 amide bonds. The Bertz CT molecular complexity index is 396. The minimum atomic E-state index is -0.419. The first-order chi connectivity index (χ1) is 9.99. The molecule has 0 bridgehead atoms. The number of hydrogen-bond acceptors (Lipinski definition) is 4. The van der Waals surface area contributed by atoms with Gasteiger partial charge in [-0.05, 0) is 26.7 Å². The number of carbonyl (C=O) groups is 1. The lowest BCUT2D eigenvalue weighted by molar-refractivity contribution is -0.155. The van der Waals surface area contributed by atoms with E-state index in [4.69, 9.17) is 9.47 Å². The van der Waals surface area contributed by atoms with Crippen LogP contribution in [0.25, 0.3) is 0 Å². The molecule has 0 aliphatic carbocycles. The van der Waals surface area contributed by atoms with Crippen molar-refractivity contribution in [2.45, 2.75) is 60.5 Å². The molecule has 0 saturated carbocycles. The molecule has 0 spiro atoms. The summed E-state index contributed by atoms with van der Waals surface area (Å²) >= 11 is 0. The van der Waals surface area contributed by atoms with E-state index in [9.17, 15) is 4.79 Å². The van der Waals surface area contributed by atoms with Crippen molar-refractivity contribution in [3.63, 3.8) is 0 Å². The molecule has 0 aromatic rings. The number of carbonyl (C=O) groups excluding carboxylic acids is 1. The standard InChI is InChI=1S/C18H33NO3/c1-14(13-16(20)22-18(5,6)7)12-15(17(2,3)4)19-8-10-21-11-9-19/h12,14H,8-11,13H2,1-7H3/b15-12-. The molecule has 0 N–H and O–H groups in total. The van der Waals surface area contributed by atoms with Crippen LogP contribution >= 0.6 is 0 Å². The van der Waals surface area contributed by atoms with Gasteiger partial charge in [0.25, 0.3) is 0 Å². The molecule has 1 fully saturated rings. The highest BCUT2D eigenvalue weighted by Gasteiger charge is 2.26. The van der Waals surface area contributed by atoms with Crippen LogP contribution in [-0.4, -0.2) is 42.8 Å². The molecule has 128 valence electrons. The van der Waals surface area contributed by atoms with E-state index in [1.54, 1.807) is 0 Å². The normalized spacial score (nSPS) is 19.0. The summed E-state index contributed by atoms with van der Waals surface area (Å²) in [7, 11) is 0. The zero-order valence-corrected chi connectivity index (χ0v) is 15.4. The van der Waals surface area contributed by atoms with Crippen LogP contribution in [0.2, 0.25) is 0 Å². The highest BCUT2D eigenvalue weighted by Crippen LogP contribution is 2.30. The van der Waals surface area contributed by atoms with Crippen LogP contribution in [-0.2, 0) is 14.3 Å². The number of morpholine rings is 1. The van der Waals surface area contributed by atoms with Crippen molar-refractivity contribution in [3.05, 3.63) is 11.8 Å². The van der Waals surface area contributed by atoms with Crippen molar-refractivity contribution in [3.8, 4) is 0 Å². The number of hydrogen-bond donors (Lipinski definition) is 0. The second-order valence-electron chi connectivity index (χ2n) is 8.17. The van der Waals surface area contributed by atoms with Crippen molar-refractivity contribution < 1.29 is 14.3 Å². The van der Waals surface area contributed by atoms with Gasteiger partial charge in [-0.1, -0.05) is 33.8 Å². The molecule has 0 aromatic heterocycles. The predicted molar refractivity (Wildman–Crippen MR) is 89.6 cm³/mol. The SMILES string of the molecule is CC(/C=C(\N1CCOCC1)C(C)(C)C)CC(=O)OC(C)(C)C. The van der Waals surface area contributed by atoms with Gasteiger partial charge in [-0.15, -0.1) is 0 Å². The van der Waals surface area contributed by atoms with Crippen LogP contribution in [0.4, 0.5) is 0 Å². The van der Waals surface area contributed by atoms with Crippen molar-refractivity contribution in [1.82, 2.24) is 4.90 Å². The van der Waals surface area contributed by atoms with Crippen LogP contribution in [0, 0.1) is 11.3 Å². The molecule has 22 heavy (non-hydrogen) atoms. The molecule has 0 aromatic carbocycles. The third-order valence-electron chi connectivity index (χ3n) is 3.47. The lowest BCUT2D eigenvalue weighted by Gasteiger charge is -2.38. The van der Waals surface area contributed by atoms with Gasteiger partial charge in [0.1, 0.15) is 5.60 Å². The van der Waals surface area contributed by atoms with Gasteiger partial charge in [-0.2, -0.15) is 0 Å². The highest BCUT2D eigenvalue weighted by atomic mass is 16.6. The van der Waals surface area contributed by atoms with Crippen LogP contribution in [0.5, 0.6) is 0 Å². The Hall–Kier alpha value is -1.03. The summed E-state index contributed by atoms with van der Waals surface area (Å²) in [5.74, 6) is 0.0263. The summed E-state index contributed by atoms with van der Waals surface area (Å²) < 4.78 is 10.9. The summed E-state index contributed by atoms with van der Waals surface area (Å²) in [6, 6.07) is 0. The summed E-state index contributed by atoms with van der Waals surface area (Å²) in [6.07, 6.45) is 2.65. The third kappa shape index (κ3) is 6.82. The average Bonchev–Trinajstić information content (AvgIpc) is 2.33. The Labute approximate surface area is 135 Å². The zero-order chi connectivity index (χ0) is 17.0. The van der Waals surface area contributed by atoms with Crippen LogP contribution in [0.3, 0.4) is 0 Å². The largest absolute Gasteiger partial charge is 0.460 e. The van der Waals surface area contributed by atoms with Gasteiger partial charge < -0.3 is 14.4 Å². The Kier molecular flexibility index (Phi) is 6.48. The third-order valence-corrected chi connectivity index (χ3v) is 3.47. The summed E-state index contributed by atoms with van der Waals surface area (Å²) in [5.41, 5.74) is 0.934. The van der Waals surface area contributed by atoms with Gasteiger partial charge in [0.05, 0.1) is 19.6 Å². The maximum atomic E-state index is 12.0. The summed E-state index contributed by atoms with van der Waals surface area (Å²) in [5, 5.41) is 0. The maximum absolute atomic E-state index is 12.0. The van der Waals surface area contributed by atoms with E-state index in [0.29, 0.717) is 6.42 Å². The smallest absolute Gasteiger partial charge is 0.306 e. The lowest BCUT2D eigenvalue weighted by Crippen LogP contribution is -2.39. The molecule has 1 heterocycles. The van der Waals surface area contributed by atoms with E-state index in [-0.39, 0.29) is 17.3 Å². The second kappa shape index (κ2) is 7.49. The summed E-state index contributed by atoms with van der Waals surface area (Å²) in [6.45, 7) is 17.8. The van der Waals surface area contributed by atoms with Gasteiger partial charge >= 0.3 is 5.97 Å². The Morgan fingerprint density at radius 3 is 2.18 bits per heavy atom. The van der Waals surface area contributed by atoms with Crippen molar-refractivity contribution in [2.24, 2.45) is 11.3 Å². The molecule has 1 saturated heterocycles. The van der Waals surface area contributed by atoms with Gasteiger partial charge in [0, 0.05) is 24.2 Å². The molecule has 1 atom stereocenters. The first kappa shape index (κ1) is 19.0. The fourth-order valence-corrected chi connectivity index (χ4v) is 2.61. The number of rotatable bonds is 4. The van der Waals surface area contributed by atoms with E-state index in [0.717, 1.165) is 26.3 Å². The van der Waals surface area contributed by atoms with Gasteiger partial charge in [-0.3, -0.25) is 4.79 Å². The molecular formula is C18H33NO3. The lowest BCUT2D eigenvalue weighted by atomic mass is 9.88. The fraction of sp³-hybridized carbons (Fsp3) is 0.833. The molecule has 1 rings (SSSR count). The van der Waals surface area contributed by atoms with E-state index < -0.39 is 5.60 Å². The second-order valence-corrected chi connectivity index (χ2v) is 8.17. The Morgan fingerprint density at radius 1 is 1.18 bits per heavy atom. The minimum Gasteiger partial charge on any atom is -0.460 e. The molecular weight excluding hydrogens is 278 g/mol. The van der Waals surface area contributed by atoms with Crippen LogP contribution in [0.1, 0.15) is 54.9 Å². The average molecular weight is 311 g/mol. The van der Waals surface area contributed by atoms with Gasteiger partial charge in [-0.25, -0.2) is 0 Å². The number of esters is 1. The van der Waals surface area contributed by atoms with Gasteiger partial charge in [0.2, 0.25) is 0 Å². The molecule has 4 heteroatoms. The predicted octanol–water partition coefficient (Wildman–Crippen LogP) is 3.62. The molecule has 1 unspecified atom stereocenters. The Morgan fingerprint density at radius 2 is 1.73 bits per heavy atom. The van der Waals surface area contributed by atoms with E-state index in [1.165, 1.54) is 5.70 Å². The van der Waals surface area contributed by atoms with E-state index in [1.807, 2.05) is 20.8 Å². The van der Waals surface area contributed by atoms with Gasteiger partial charge in [0.15, 0.2) is 0 Å². The van der Waals surface area contributed by atoms with Crippen LogP contribution in [0.15, 0.2) is 11.8 Å². The van der Waals surface area contributed by atoms with Crippen molar-refractivity contribution in [2.75, 3.05) is 26.3 Å². The fourth-order valence-electron chi connectivity index (χ4n) is 2.61. The number of ether oxygens (including phenoxy) is 2. The quantitative estimate of drug-likeness (QED) is 0.743. The minimum absolute atomic E-state index is 0.0551. The number of nitrogens with zero attached hydrogens (tertiary/aromatic N) is 1. The Balaban J connectivity index is 2.76. The monoisotopic (exact) mass is 311 g/mol. The van der Waals surface area contributed by atoms with Crippen molar-refractivity contribution >= 4 is 5.97 Å². The first-order valence-corrected chi connectivity index (χ1v) is 8.26. The maximum Gasteiger partial charge on any atom is 0.306 e. The number of allylic oxidation sites excluding steroid dienone is 2. The highest BCUT2D eigenvalue weighted by molar-refractivity contribution is 5.70. The first-order valence-electron chi connectivity index (χ1n) is 8.26. The van der Waals surface area contributed by atoms with E-state index >= 15 is 0 Å².